The molecule has 0 saturated heterocycles. The van der Waals surface area contributed by atoms with Gasteiger partial charge < -0.3 is 10.5 Å². The Labute approximate surface area is 150 Å². The lowest BCUT2D eigenvalue weighted by Crippen LogP contribution is -2.31. The van der Waals surface area contributed by atoms with Crippen molar-refractivity contribution in [3.05, 3.63) is 23.7 Å². The van der Waals surface area contributed by atoms with Gasteiger partial charge in [0.05, 0.1) is 12.8 Å². The Kier molecular flexibility index (Phi) is 3.67. The van der Waals surface area contributed by atoms with Crippen LogP contribution in [0.4, 0.5) is 22.0 Å². The first-order chi connectivity index (χ1) is 12.4. The number of hydrogen-bond donors (Lipinski definition) is 3. The minimum Gasteiger partial charge on any atom is -0.465 e. The smallest absolute Gasteiger partial charge is 0.465 e. The molecule has 4 N–H and O–H groups in total. The number of H-pyrrole nitrogens is 1. The van der Waals surface area contributed by atoms with Gasteiger partial charge in [-0.15, -0.1) is 9.67 Å². The fourth-order valence-electron chi connectivity index (χ4n) is 3.46. The summed E-state index contributed by atoms with van der Waals surface area (Å²) in [7, 11) is 0. The molecule has 2 amide bonds. The van der Waals surface area contributed by atoms with Crippen LogP contribution in [0.25, 0.3) is 0 Å². The summed E-state index contributed by atoms with van der Waals surface area (Å²) in [5.74, 6) is 0.853. The van der Waals surface area contributed by atoms with E-state index in [1.165, 1.54) is 10.8 Å². The van der Waals surface area contributed by atoms with Gasteiger partial charge in [-0.05, 0) is 32.1 Å². The highest BCUT2D eigenvalue weighted by Gasteiger charge is 2.57. The number of amides is 2. The Morgan fingerprint density at radius 1 is 1.54 bits per heavy atom. The molecule has 1 aliphatic carbocycles. The Morgan fingerprint density at radius 2 is 2.31 bits per heavy atom. The van der Waals surface area contributed by atoms with Crippen LogP contribution in [-0.2, 0) is 4.74 Å². The lowest BCUT2D eigenvalue weighted by atomic mass is 9.88. The van der Waals surface area contributed by atoms with Crippen molar-refractivity contribution in [2.45, 2.75) is 39.5 Å². The van der Waals surface area contributed by atoms with Gasteiger partial charge in [0, 0.05) is 11.8 Å². The third kappa shape index (κ3) is 2.51. The van der Waals surface area contributed by atoms with E-state index in [4.69, 9.17) is 10.5 Å². The zero-order valence-corrected chi connectivity index (χ0v) is 15.0. The topological polar surface area (TPSA) is 122 Å². The molecule has 1 aliphatic heterocycles. The SMILES string of the molecule is CCOC1=[N+](C(=O)Nc2cc(C)[nH]n2)c2c(N)cnnc2C1C1(C)CC1. The molecule has 0 bridgehead atoms. The second-order valence-corrected chi connectivity index (χ2v) is 7.09. The average Bonchev–Trinajstić information content (AvgIpc) is 3.04. The third-order valence-electron chi connectivity index (χ3n) is 5.01. The summed E-state index contributed by atoms with van der Waals surface area (Å²) >= 11 is 0. The van der Waals surface area contributed by atoms with E-state index in [0.29, 0.717) is 35.4 Å². The maximum atomic E-state index is 13.1. The molecule has 1 unspecified atom stereocenters. The van der Waals surface area contributed by atoms with Gasteiger partial charge >= 0.3 is 6.03 Å². The Balaban J connectivity index is 1.82. The summed E-state index contributed by atoms with van der Waals surface area (Å²) in [4.78, 5) is 13.1. The molecule has 9 heteroatoms. The number of aromatic nitrogens is 4. The van der Waals surface area contributed by atoms with E-state index in [-0.39, 0.29) is 17.4 Å². The lowest BCUT2D eigenvalue weighted by Gasteiger charge is -2.17. The minimum atomic E-state index is -0.382. The van der Waals surface area contributed by atoms with Crippen LogP contribution in [0, 0.1) is 12.3 Å². The number of carbonyl (C=O) groups excluding carboxylic acids is 1. The molecule has 2 aliphatic rings. The molecule has 2 aromatic rings. The largest absolute Gasteiger partial charge is 0.505 e. The van der Waals surface area contributed by atoms with Gasteiger partial charge in [-0.3, -0.25) is 5.10 Å². The molecule has 1 saturated carbocycles. The molecule has 1 fully saturated rings. The van der Waals surface area contributed by atoms with Crippen LogP contribution in [0.15, 0.2) is 12.3 Å². The number of ether oxygens (including phenoxy) is 1. The molecule has 26 heavy (non-hydrogen) atoms. The Morgan fingerprint density at radius 3 is 2.92 bits per heavy atom. The number of rotatable bonds is 3. The molecular weight excluding hydrogens is 334 g/mol. The maximum Gasteiger partial charge on any atom is 0.505 e. The Hall–Kier alpha value is -2.97. The zero-order valence-electron chi connectivity index (χ0n) is 15.0. The maximum absolute atomic E-state index is 13.1. The van der Waals surface area contributed by atoms with Crippen LogP contribution in [-0.4, -0.2) is 43.5 Å². The van der Waals surface area contributed by atoms with E-state index in [0.717, 1.165) is 18.5 Å². The van der Waals surface area contributed by atoms with Crippen molar-refractivity contribution in [2.75, 3.05) is 17.7 Å². The summed E-state index contributed by atoms with van der Waals surface area (Å²) in [5.41, 5.74) is 8.66. The quantitative estimate of drug-likeness (QED) is 0.725. The van der Waals surface area contributed by atoms with Crippen LogP contribution in [0.3, 0.4) is 0 Å². The molecule has 3 heterocycles. The lowest BCUT2D eigenvalue weighted by molar-refractivity contribution is -0.336. The predicted octanol–water partition coefficient (Wildman–Crippen LogP) is 2.30. The van der Waals surface area contributed by atoms with Gasteiger partial charge in [0.15, 0.2) is 5.69 Å². The summed E-state index contributed by atoms with van der Waals surface area (Å²) in [5, 5.41) is 18.0. The second kappa shape index (κ2) is 5.79. The normalized spacial score (nSPS) is 20.0. The molecule has 136 valence electrons. The van der Waals surface area contributed by atoms with Crippen molar-refractivity contribution < 1.29 is 14.1 Å². The number of fused-ring (bicyclic) bond motifs is 1. The number of nitrogens with two attached hydrogens (primary N) is 1. The van der Waals surface area contributed by atoms with E-state index in [1.54, 1.807) is 6.07 Å². The van der Waals surface area contributed by atoms with Crippen molar-refractivity contribution >= 4 is 29.1 Å². The van der Waals surface area contributed by atoms with Crippen LogP contribution in [0.5, 0.6) is 0 Å². The monoisotopic (exact) mass is 356 g/mol. The number of aromatic amines is 1. The van der Waals surface area contributed by atoms with E-state index >= 15 is 0 Å². The van der Waals surface area contributed by atoms with E-state index < -0.39 is 0 Å². The highest BCUT2D eigenvalue weighted by molar-refractivity contribution is 5.97. The summed E-state index contributed by atoms with van der Waals surface area (Å²) in [6.45, 7) is 6.37. The number of urea groups is 1. The van der Waals surface area contributed by atoms with Crippen LogP contribution in [0.2, 0.25) is 0 Å². The van der Waals surface area contributed by atoms with E-state index in [2.05, 4.69) is 32.6 Å². The van der Waals surface area contributed by atoms with E-state index in [9.17, 15) is 4.79 Å². The fourth-order valence-corrected chi connectivity index (χ4v) is 3.46. The van der Waals surface area contributed by atoms with Gasteiger partial charge in [0.2, 0.25) is 5.82 Å². The molecule has 4 rings (SSSR count). The number of carbonyl (C=O) groups is 1. The van der Waals surface area contributed by atoms with Crippen molar-refractivity contribution in [1.82, 2.24) is 20.4 Å². The van der Waals surface area contributed by atoms with Gasteiger partial charge in [0.1, 0.15) is 17.3 Å². The molecule has 0 aromatic carbocycles. The number of anilines is 2. The summed E-state index contributed by atoms with van der Waals surface area (Å²) < 4.78 is 7.41. The van der Waals surface area contributed by atoms with Gasteiger partial charge in [-0.2, -0.15) is 20.3 Å². The number of nitrogens with zero attached hydrogens (tertiary/aromatic N) is 4. The number of aryl methyl sites for hydroxylation is 1. The minimum absolute atomic E-state index is 0.000318. The van der Waals surface area contributed by atoms with Crippen LogP contribution >= 0.6 is 0 Å². The van der Waals surface area contributed by atoms with Crippen LogP contribution < -0.4 is 11.1 Å². The molecule has 9 nitrogen and oxygen atoms in total. The molecule has 2 aromatic heterocycles. The van der Waals surface area contributed by atoms with E-state index in [1.807, 2.05) is 13.8 Å². The fraction of sp³-hybridized carbons (Fsp3) is 0.471. The second-order valence-electron chi connectivity index (χ2n) is 7.09. The molecule has 0 radical (unpaired) electrons. The zero-order chi connectivity index (χ0) is 18.5. The van der Waals surface area contributed by atoms with Crippen molar-refractivity contribution in [3.8, 4) is 0 Å². The van der Waals surface area contributed by atoms with Crippen molar-refractivity contribution in [2.24, 2.45) is 5.41 Å². The highest BCUT2D eigenvalue weighted by Crippen LogP contribution is 2.59. The molecular formula is C17H22N7O2+. The Bertz CT molecular complexity index is 914. The first kappa shape index (κ1) is 16.5. The van der Waals surface area contributed by atoms with Crippen LogP contribution in [0.1, 0.15) is 44.0 Å². The summed E-state index contributed by atoms with van der Waals surface area (Å²) in [6.07, 6.45) is 3.54. The highest BCUT2D eigenvalue weighted by atomic mass is 16.5. The van der Waals surface area contributed by atoms with Crippen molar-refractivity contribution in [3.63, 3.8) is 0 Å². The molecule has 0 spiro atoms. The first-order valence-corrected chi connectivity index (χ1v) is 8.68. The molecule has 1 atom stereocenters. The summed E-state index contributed by atoms with van der Waals surface area (Å²) in [6, 6.07) is 1.37. The van der Waals surface area contributed by atoms with Crippen molar-refractivity contribution in [1.29, 1.82) is 0 Å². The predicted molar refractivity (Wildman–Crippen MR) is 95.4 cm³/mol. The number of nitrogens with one attached hydrogen (secondary N) is 2. The van der Waals surface area contributed by atoms with Gasteiger partial charge in [-0.25, -0.2) is 0 Å². The first-order valence-electron chi connectivity index (χ1n) is 8.68. The number of nitrogen functional groups attached to an aromatic ring is 1. The van der Waals surface area contributed by atoms with Gasteiger partial charge in [-0.1, -0.05) is 6.92 Å². The average molecular weight is 356 g/mol. The van der Waals surface area contributed by atoms with Gasteiger partial charge in [0.25, 0.3) is 5.90 Å². The standard InChI is InChI=1S/C17H21N7O2/c1-4-26-15-12(17(3)5-6-17)13-14(10(18)8-19-23-13)24(15)16(25)20-11-7-9(2)21-22-11/h7-8,12H,4-6H2,1-3H3,(H3-,18,19,20,21,22,23,25)/p+1. The third-order valence-corrected chi connectivity index (χ3v) is 5.01. The number of hydrogen-bond acceptors (Lipinski definition) is 6.